The van der Waals surface area contributed by atoms with Crippen LogP contribution in [0.1, 0.15) is 6.42 Å². The highest BCUT2D eigenvalue weighted by atomic mass is 19.1. The van der Waals surface area contributed by atoms with Crippen LogP contribution < -0.4 is 11.2 Å². The summed E-state index contributed by atoms with van der Waals surface area (Å²) in [5, 5.41) is 14.1. The third-order valence-corrected chi connectivity index (χ3v) is 1.92. The summed E-state index contributed by atoms with van der Waals surface area (Å²) < 4.78 is 26.3. The third kappa shape index (κ3) is 2.60. The molecule has 0 bridgehead atoms. The van der Waals surface area contributed by atoms with E-state index >= 15 is 0 Å². The van der Waals surface area contributed by atoms with Crippen LogP contribution in [0.25, 0.3) is 0 Å². The third-order valence-electron chi connectivity index (χ3n) is 1.92. The summed E-state index contributed by atoms with van der Waals surface area (Å²) in [5.41, 5.74) is 7.14. The molecular formula is C9H8F2N6. The molecule has 0 saturated carbocycles. The molecule has 1 aromatic rings. The van der Waals surface area contributed by atoms with Crippen LogP contribution in [0.2, 0.25) is 0 Å². The molecular weight excluding hydrogens is 230 g/mol. The number of hydrogen-bond donors (Lipinski definition) is 2. The predicted molar refractivity (Wildman–Crippen MR) is 58.5 cm³/mol. The fraction of sp³-hybridized carbons (Fsp3) is 0.111. The SMILES string of the molecule is NC1=NN=C(N=NNc2c(F)cccc2F)C1. The fourth-order valence-corrected chi connectivity index (χ4v) is 1.15. The van der Waals surface area contributed by atoms with Crippen molar-refractivity contribution >= 4 is 17.4 Å². The molecule has 1 heterocycles. The van der Waals surface area contributed by atoms with Gasteiger partial charge < -0.3 is 5.73 Å². The Morgan fingerprint density at radius 3 is 2.53 bits per heavy atom. The summed E-state index contributed by atoms with van der Waals surface area (Å²) in [6, 6.07) is 3.47. The van der Waals surface area contributed by atoms with Gasteiger partial charge in [0.05, 0.1) is 6.42 Å². The fourth-order valence-electron chi connectivity index (χ4n) is 1.15. The van der Waals surface area contributed by atoms with Crippen LogP contribution in [0.5, 0.6) is 0 Å². The molecule has 0 fully saturated rings. The smallest absolute Gasteiger partial charge is 0.182 e. The number of benzene rings is 1. The first-order valence-electron chi connectivity index (χ1n) is 4.66. The van der Waals surface area contributed by atoms with Gasteiger partial charge in [-0.3, -0.25) is 5.43 Å². The Hall–Kier alpha value is -2.38. The van der Waals surface area contributed by atoms with Crippen LogP contribution in [-0.4, -0.2) is 11.7 Å². The lowest BCUT2D eigenvalue weighted by Crippen LogP contribution is -2.10. The summed E-state index contributed by atoms with van der Waals surface area (Å²) >= 11 is 0. The lowest BCUT2D eigenvalue weighted by Gasteiger charge is -2.01. The molecule has 0 atom stereocenters. The van der Waals surface area contributed by atoms with Gasteiger partial charge in [0.15, 0.2) is 17.5 Å². The molecule has 0 unspecified atom stereocenters. The zero-order valence-corrected chi connectivity index (χ0v) is 8.56. The maximum absolute atomic E-state index is 13.1. The Bertz CT molecular complexity index is 502. The molecule has 88 valence electrons. The van der Waals surface area contributed by atoms with E-state index in [0.717, 1.165) is 12.1 Å². The van der Waals surface area contributed by atoms with Gasteiger partial charge in [-0.25, -0.2) is 8.78 Å². The van der Waals surface area contributed by atoms with Gasteiger partial charge in [-0.1, -0.05) is 11.3 Å². The van der Waals surface area contributed by atoms with E-state index in [2.05, 4.69) is 26.0 Å². The van der Waals surface area contributed by atoms with Crippen molar-refractivity contribution in [1.82, 2.24) is 0 Å². The van der Waals surface area contributed by atoms with Crippen LogP contribution in [0.15, 0.2) is 38.7 Å². The van der Waals surface area contributed by atoms with E-state index in [9.17, 15) is 8.78 Å². The normalized spacial score (nSPS) is 14.9. The summed E-state index contributed by atoms with van der Waals surface area (Å²) in [6.45, 7) is 0. The largest absolute Gasteiger partial charge is 0.385 e. The molecule has 0 spiro atoms. The molecule has 6 nitrogen and oxygen atoms in total. The Balaban J connectivity index is 2.01. The Kier molecular flexibility index (Phi) is 3.03. The van der Waals surface area contributed by atoms with Gasteiger partial charge in [-0.2, -0.15) is 0 Å². The van der Waals surface area contributed by atoms with Crippen LogP contribution >= 0.6 is 0 Å². The summed E-state index contributed by atoms with van der Waals surface area (Å²) in [6.07, 6.45) is 0.269. The van der Waals surface area contributed by atoms with Gasteiger partial charge in [-0.15, -0.1) is 15.3 Å². The van der Waals surface area contributed by atoms with E-state index in [1.165, 1.54) is 6.07 Å². The van der Waals surface area contributed by atoms with Gasteiger partial charge in [-0.05, 0) is 12.1 Å². The van der Waals surface area contributed by atoms with Gasteiger partial charge in [0.1, 0.15) is 11.5 Å². The van der Waals surface area contributed by atoms with Crippen molar-refractivity contribution in [2.24, 2.45) is 26.3 Å². The van der Waals surface area contributed by atoms with Crippen LogP contribution in [0.3, 0.4) is 0 Å². The van der Waals surface area contributed by atoms with E-state index in [1.54, 1.807) is 0 Å². The maximum Gasteiger partial charge on any atom is 0.182 e. The van der Waals surface area contributed by atoms with E-state index in [4.69, 9.17) is 5.73 Å². The molecule has 0 aliphatic carbocycles. The van der Waals surface area contributed by atoms with Crippen molar-refractivity contribution in [3.05, 3.63) is 29.8 Å². The predicted octanol–water partition coefficient (Wildman–Crippen LogP) is 1.82. The number of para-hydroxylation sites is 1. The summed E-state index contributed by atoms with van der Waals surface area (Å²) in [5.74, 6) is -0.927. The molecule has 2 rings (SSSR count). The molecule has 1 aliphatic rings. The zero-order valence-electron chi connectivity index (χ0n) is 8.56. The first-order chi connectivity index (χ1) is 8.16. The molecule has 0 radical (unpaired) electrons. The Morgan fingerprint density at radius 1 is 1.24 bits per heavy atom. The number of rotatable bonds is 2. The van der Waals surface area contributed by atoms with Gasteiger partial charge >= 0.3 is 0 Å². The average molecular weight is 238 g/mol. The van der Waals surface area contributed by atoms with E-state index in [-0.39, 0.29) is 17.9 Å². The Labute approximate surface area is 94.9 Å². The molecule has 8 heteroatoms. The van der Waals surface area contributed by atoms with Gasteiger partial charge in [0.2, 0.25) is 0 Å². The lowest BCUT2D eigenvalue weighted by molar-refractivity contribution is 0.588. The first-order valence-corrected chi connectivity index (χ1v) is 4.66. The number of hydrogen-bond acceptors (Lipinski definition) is 5. The second kappa shape index (κ2) is 4.64. The molecule has 0 aromatic heterocycles. The maximum atomic E-state index is 13.1. The second-order valence-electron chi connectivity index (χ2n) is 3.19. The first kappa shape index (κ1) is 11.1. The number of anilines is 1. The lowest BCUT2D eigenvalue weighted by atomic mass is 10.3. The molecule has 0 saturated heterocycles. The van der Waals surface area contributed by atoms with E-state index < -0.39 is 11.6 Å². The average Bonchev–Trinajstić information content (AvgIpc) is 2.69. The van der Waals surface area contributed by atoms with Crippen molar-refractivity contribution < 1.29 is 8.78 Å². The van der Waals surface area contributed by atoms with Crippen molar-refractivity contribution in [3.63, 3.8) is 0 Å². The van der Waals surface area contributed by atoms with Gasteiger partial charge in [0, 0.05) is 0 Å². The number of nitrogens with two attached hydrogens (primary N) is 1. The topological polar surface area (TPSA) is 87.5 Å². The van der Waals surface area contributed by atoms with E-state index in [0.29, 0.717) is 5.84 Å². The summed E-state index contributed by atoms with van der Waals surface area (Å²) in [4.78, 5) is 0. The highest BCUT2D eigenvalue weighted by Crippen LogP contribution is 2.17. The molecule has 17 heavy (non-hydrogen) atoms. The summed E-state index contributed by atoms with van der Waals surface area (Å²) in [7, 11) is 0. The number of nitrogens with one attached hydrogen (secondary N) is 1. The van der Waals surface area contributed by atoms with Crippen molar-refractivity contribution in [2.75, 3.05) is 5.43 Å². The quantitative estimate of drug-likeness (QED) is 0.608. The molecule has 1 aliphatic heterocycles. The standard InChI is InChI=1S/C9H8F2N6/c10-5-2-1-3-6(11)9(5)16-17-15-8-4-7(12)13-14-8/h1-3H,4H2,(H2,12,13)(H,14,15,16). The molecule has 3 N–H and O–H groups in total. The highest BCUT2D eigenvalue weighted by Gasteiger charge is 2.09. The van der Waals surface area contributed by atoms with Crippen molar-refractivity contribution in [2.45, 2.75) is 6.42 Å². The van der Waals surface area contributed by atoms with Crippen molar-refractivity contribution in [3.8, 4) is 0 Å². The molecule has 1 aromatic carbocycles. The minimum atomic E-state index is -0.756. The van der Waals surface area contributed by atoms with Crippen molar-refractivity contribution in [1.29, 1.82) is 0 Å². The number of halogens is 2. The second-order valence-corrected chi connectivity index (χ2v) is 3.19. The van der Waals surface area contributed by atoms with Crippen LogP contribution in [0.4, 0.5) is 14.5 Å². The van der Waals surface area contributed by atoms with Crippen LogP contribution in [0, 0.1) is 11.6 Å². The highest BCUT2D eigenvalue weighted by molar-refractivity contribution is 6.04. The van der Waals surface area contributed by atoms with Gasteiger partial charge in [0.25, 0.3) is 0 Å². The Morgan fingerprint density at radius 2 is 1.94 bits per heavy atom. The monoisotopic (exact) mass is 238 g/mol. The minimum Gasteiger partial charge on any atom is -0.385 e. The molecule has 0 amide bonds. The van der Waals surface area contributed by atoms with E-state index in [1.807, 2.05) is 0 Å². The number of amidine groups is 2. The minimum absolute atomic E-state index is 0.269. The number of nitrogens with zero attached hydrogens (tertiary/aromatic N) is 4. The zero-order chi connectivity index (χ0) is 12.3. The van der Waals surface area contributed by atoms with Crippen LogP contribution in [-0.2, 0) is 0 Å².